The molecule has 0 aliphatic heterocycles. The average molecular weight is 211 g/mol. The Morgan fingerprint density at radius 3 is 2.25 bits per heavy atom. The summed E-state index contributed by atoms with van der Waals surface area (Å²) in [6.07, 6.45) is 4.24. The van der Waals surface area contributed by atoms with Crippen molar-refractivity contribution < 1.29 is 8.42 Å². The van der Waals surface area contributed by atoms with E-state index in [4.69, 9.17) is 0 Å². The van der Waals surface area contributed by atoms with E-state index in [0.717, 1.165) is 6.42 Å². The largest absolute Gasteiger partial charge is 0.213 e. The summed E-state index contributed by atoms with van der Waals surface area (Å²) >= 11 is 1.71. The molecule has 3 nitrogen and oxygen atoms in total. The first kappa shape index (κ1) is 12.3. The molecule has 0 amide bonds. The first-order chi connectivity index (χ1) is 5.41. The van der Waals surface area contributed by atoms with Gasteiger partial charge >= 0.3 is 0 Å². The first-order valence-electron chi connectivity index (χ1n) is 3.86. The van der Waals surface area contributed by atoms with Crippen LogP contribution in [0.4, 0.5) is 0 Å². The van der Waals surface area contributed by atoms with Gasteiger partial charge in [0.15, 0.2) is 0 Å². The minimum atomic E-state index is -3.00. The zero-order valence-corrected chi connectivity index (χ0v) is 9.70. The van der Waals surface area contributed by atoms with Crippen molar-refractivity contribution in [1.29, 1.82) is 0 Å². The van der Waals surface area contributed by atoms with Gasteiger partial charge in [0.25, 0.3) is 0 Å². The molecule has 0 N–H and O–H groups in total. The van der Waals surface area contributed by atoms with Gasteiger partial charge in [-0.3, -0.25) is 0 Å². The van der Waals surface area contributed by atoms with Crippen molar-refractivity contribution in [3.05, 3.63) is 0 Å². The highest BCUT2D eigenvalue weighted by Crippen LogP contribution is 2.12. The van der Waals surface area contributed by atoms with E-state index in [2.05, 4.69) is 6.92 Å². The van der Waals surface area contributed by atoms with E-state index in [1.54, 1.807) is 18.8 Å². The van der Waals surface area contributed by atoms with Crippen LogP contribution in [0.3, 0.4) is 0 Å². The topological polar surface area (TPSA) is 37.4 Å². The van der Waals surface area contributed by atoms with Crippen molar-refractivity contribution in [2.24, 2.45) is 0 Å². The van der Waals surface area contributed by atoms with Gasteiger partial charge in [-0.25, -0.2) is 12.7 Å². The van der Waals surface area contributed by atoms with Gasteiger partial charge in [0.05, 0.1) is 6.26 Å². The minimum absolute atomic E-state index is 0.407. The van der Waals surface area contributed by atoms with Crippen molar-refractivity contribution in [1.82, 2.24) is 4.31 Å². The summed E-state index contributed by atoms with van der Waals surface area (Å²) < 4.78 is 23.4. The number of thioether (sulfide) groups is 1. The Morgan fingerprint density at radius 1 is 1.50 bits per heavy atom. The van der Waals surface area contributed by atoms with Gasteiger partial charge in [0.1, 0.15) is 0 Å². The molecule has 0 radical (unpaired) electrons. The third-order valence-corrected chi connectivity index (χ3v) is 4.25. The number of sulfonamides is 1. The van der Waals surface area contributed by atoms with E-state index in [-0.39, 0.29) is 0 Å². The van der Waals surface area contributed by atoms with Crippen molar-refractivity contribution in [3.8, 4) is 0 Å². The molecule has 0 aliphatic rings. The lowest BCUT2D eigenvalue weighted by atomic mass is 10.3. The second-order valence-electron chi connectivity index (χ2n) is 2.81. The maximum atomic E-state index is 11.0. The molecule has 12 heavy (non-hydrogen) atoms. The molecule has 0 aromatic rings. The number of nitrogens with zero attached hydrogens (tertiary/aromatic N) is 1. The molecule has 0 bridgehead atoms. The summed E-state index contributed by atoms with van der Waals surface area (Å²) in [4.78, 5) is 0. The summed E-state index contributed by atoms with van der Waals surface area (Å²) in [5, 5.41) is 0.407. The monoisotopic (exact) mass is 211 g/mol. The molecule has 0 heterocycles. The van der Waals surface area contributed by atoms with Gasteiger partial charge in [-0.1, -0.05) is 6.92 Å². The van der Waals surface area contributed by atoms with Crippen LogP contribution in [0, 0.1) is 0 Å². The van der Waals surface area contributed by atoms with Crippen LogP contribution in [0.1, 0.15) is 13.3 Å². The third kappa shape index (κ3) is 4.33. The van der Waals surface area contributed by atoms with Gasteiger partial charge in [-0.05, 0) is 12.7 Å². The smallest absolute Gasteiger partial charge is 0.210 e. The van der Waals surface area contributed by atoms with Crippen LogP contribution in [-0.2, 0) is 10.0 Å². The van der Waals surface area contributed by atoms with Gasteiger partial charge in [-0.2, -0.15) is 11.8 Å². The molecule has 0 rings (SSSR count). The average Bonchev–Trinajstić information content (AvgIpc) is 1.97. The molecular formula is C7H17NO2S2. The predicted molar refractivity (Wildman–Crippen MR) is 55.1 cm³/mol. The Morgan fingerprint density at radius 2 is 2.00 bits per heavy atom. The van der Waals surface area contributed by atoms with E-state index in [1.165, 1.54) is 10.6 Å². The lowest BCUT2D eigenvalue weighted by Crippen LogP contribution is -2.31. The Labute approximate surface area is 79.6 Å². The zero-order chi connectivity index (χ0) is 9.78. The Kier molecular flexibility index (Phi) is 5.20. The highest BCUT2D eigenvalue weighted by molar-refractivity contribution is 7.99. The second-order valence-corrected chi connectivity index (χ2v) is 6.04. The molecule has 0 spiro atoms. The Hall–Kier alpha value is 0.260. The summed E-state index contributed by atoms with van der Waals surface area (Å²) in [5.74, 6) is 0. The van der Waals surface area contributed by atoms with E-state index >= 15 is 0 Å². The van der Waals surface area contributed by atoms with E-state index in [1.807, 2.05) is 6.26 Å². The lowest BCUT2D eigenvalue weighted by molar-refractivity contribution is 0.469. The normalized spacial score (nSPS) is 15.1. The quantitative estimate of drug-likeness (QED) is 0.681. The van der Waals surface area contributed by atoms with Crippen molar-refractivity contribution >= 4 is 21.8 Å². The van der Waals surface area contributed by atoms with E-state index in [0.29, 0.717) is 11.8 Å². The molecule has 0 saturated carbocycles. The second kappa shape index (κ2) is 5.09. The summed E-state index contributed by atoms with van der Waals surface area (Å²) in [5.41, 5.74) is 0. The van der Waals surface area contributed by atoms with Crippen LogP contribution < -0.4 is 0 Å². The summed E-state index contributed by atoms with van der Waals surface area (Å²) in [6.45, 7) is 2.67. The third-order valence-electron chi connectivity index (χ3n) is 1.82. The molecule has 0 aromatic heterocycles. The molecule has 0 aromatic carbocycles. The van der Waals surface area contributed by atoms with Crippen LogP contribution in [0.15, 0.2) is 0 Å². The standard InChI is InChI=1S/C7H17NO2S2/c1-5-7(11-3)6-8(2)12(4,9)10/h7H,5-6H2,1-4H3/t7-/m0/s1. The van der Waals surface area contributed by atoms with Crippen molar-refractivity contribution in [2.45, 2.75) is 18.6 Å². The number of hydrogen-bond acceptors (Lipinski definition) is 3. The predicted octanol–water partition coefficient (Wildman–Crippen LogP) is 1.02. The Balaban J connectivity index is 4.08. The number of hydrogen-bond donors (Lipinski definition) is 0. The lowest BCUT2D eigenvalue weighted by Gasteiger charge is -2.19. The van der Waals surface area contributed by atoms with Gasteiger partial charge in [0.2, 0.25) is 10.0 Å². The maximum absolute atomic E-state index is 11.0. The maximum Gasteiger partial charge on any atom is 0.210 e. The molecule has 0 aliphatic carbocycles. The zero-order valence-electron chi connectivity index (χ0n) is 8.07. The summed E-state index contributed by atoms with van der Waals surface area (Å²) in [7, 11) is -1.38. The van der Waals surface area contributed by atoms with Crippen LogP contribution in [0.2, 0.25) is 0 Å². The first-order valence-corrected chi connectivity index (χ1v) is 6.99. The van der Waals surface area contributed by atoms with Crippen LogP contribution in [0.25, 0.3) is 0 Å². The van der Waals surface area contributed by atoms with Crippen molar-refractivity contribution in [2.75, 3.05) is 26.1 Å². The van der Waals surface area contributed by atoms with Gasteiger partial charge in [-0.15, -0.1) is 0 Å². The SMILES string of the molecule is CC[C@@H](CN(C)S(C)(=O)=O)SC. The van der Waals surface area contributed by atoms with E-state index < -0.39 is 10.0 Å². The van der Waals surface area contributed by atoms with Crippen LogP contribution >= 0.6 is 11.8 Å². The van der Waals surface area contributed by atoms with Gasteiger partial charge in [0, 0.05) is 18.8 Å². The van der Waals surface area contributed by atoms with Gasteiger partial charge < -0.3 is 0 Å². The molecule has 0 unspecified atom stereocenters. The fraction of sp³-hybridized carbons (Fsp3) is 1.00. The molecule has 74 valence electrons. The molecular weight excluding hydrogens is 194 g/mol. The fourth-order valence-corrected chi connectivity index (χ4v) is 2.04. The highest BCUT2D eigenvalue weighted by Gasteiger charge is 2.15. The Bertz CT molecular complexity index is 209. The van der Waals surface area contributed by atoms with Crippen LogP contribution in [0.5, 0.6) is 0 Å². The molecule has 0 saturated heterocycles. The minimum Gasteiger partial charge on any atom is -0.213 e. The van der Waals surface area contributed by atoms with Crippen LogP contribution in [-0.4, -0.2) is 44.1 Å². The molecule has 1 atom stereocenters. The molecule has 0 fully saturated rings. The summed E-state index contributed by atoms with van der Waals surface area (Å²) in [6, 6.07) is 0. The molecule has 5 heteroatoms. The number of rotatable bonds is 5. The van der Waals surface area contributed by atoms with Crippen molar-refractivity contribution in [3.63, 3.8) is 0 Å². The fourth-order valence-electron chi connectivity index (χ4n) is 0.792. The van der Waals surface area contributed by atoms with E-state index in [9.17, 15) is 8.42 Å². The highest BCUT2D eigenvalue weighted by atomic mass is 32.2.